The minimum Gasteiger partial charge on any atom is -0.507 e. The smallest absolute Gasteiger partial charge is 0.300 e. The molecule has 0 saturated carbocycles. The Balaban J connectivity index is 1.90. The highest BCUT2D eigenvalue weighted by Crippen LogP contribution is 2.44. The lowest BCUT2D eigenvalue weighted by atomic mass is 9.94. The van der Waals surface area contributed by atoms with Crippen molar-refractivity contribution in [2.75, 3.05) is 25.7 Å². The van der Waals surface area contributed by atoms with Gasteiger partial charge in [0.1, 0.15) is 17.3 Å². The molecule has 1 aliphatic heterocycles. The number of carbonyl (C=O) groups excluding carboxylic acids is 2. The lowest BCUT2D eigenvalue weighted by Crippen LogP contribution is -2.29. The summed E-state index contributed by atoms with van der Waals surface area (Å²) in [5, 5.41) is 21.3. The van der Waals surface area contributed by atoms with Gasteiger partial charge >= 0.3 is 0 Å². The van der Waals surface area contributed by atoms with E-state index in [0.717, 1.165) is 0 Å². The molecule has 0 aliphatic carbocycles. The number of hydrogen-bond acceptors (Lipinski definition) is 7. The second-order valence-corrected chi connectivity index (χ2v) is 7.76. The van der Waals surface area contributed by atoms with Gasteiger partial charge in [-0.05, 0) is 73.2 Å². The van der Waals surface area contributed by atoms with Gasteiger partial charge in [0.15, 0.2) is 11.5 Å². The van der Waals surface area contributed by atoms with E-state index in [9.17, 15) is 19.8 Å². The molecule has 180 valence electrons. The van der Waals surface area contributed by atoms with E-state index in [4.69, 9.17) is 14.2 Å². The third kappa shape index (κ3) is 4.38. The fourth-order valence-corrected chi connectivity index (χ4v) is 4.05. The standard InChI is InChI=1S/C27H25NO7/c1-4-35-20-10-5-16(6-11-20)25(30)23-24(17-7-14-21(29)22(15-17)34-3)28(27(32)26(23)31)18-8-12-19(33-2)13-9-18/h5-15,24,29-30H,4H2,1-3H3/b25-23+/t24-/m0/s1. The number of aliphatic hydroxyl groups is 1. The normalized spacial score (nSPS) is 16.9. The van der Waals surface area contributed by atoms with Gasteiger partial charge in [-0.3, -0.25) is 14.5 Å². The molecule has 3 aromatic rings. The molecule has 8 heteroatoms. The first-order chi connectivity index (χ1) is 16.9. The molecule has 8 nitrogen and oxygen atoms in total. The van der Waals surface area contributed by atoms with Crippen molar-refractivity contribution >= 4 is 23.1 Å². The number of benzene rings is 3. The van der Waals surface area contributed by atoms with Gasteiger partial charge in [0, 0.05) is 11.3 Å². The van der Waals surface area contributed by atoms with E-state index < -0.39 is 17.7 Å². The van der Waals surface area contributed by atoms with Gasteiger partial charge in [-0.15, -0.1) is 0 Å². The second kappa shape index (κ2) is 9.80. The van der Waals surface area contributed by atoms with E-state index in [2.05, 4.69) is 0 Å². The second-order valence-electron chi connectivity index (χ2n) is 7.76. The summed E-state index contributed by atoms with van der Waals surface area (Å²) in [4.78, 5) is 27.8. The highest BCUT2D eigenvalue weighted by Gasteiger charge is 2.47. The quantitative estimate of drug-likeness (QED) is 0.296. The fraction of sp³-hybridized carbons (Fsp3) is 0.185. The van der Waals surface area contributed by atoms with Crippen molar-refractivity contribution in [2.45, 2.75) is 13.0 Å². The number of phenols is 1. The van der Waals surface area contributed by atoms with E-state index in [1.807, 2.05) is 6.92 Å². The molecular weight excluding hydrogens is 450 g/mol. The third-order valence-corrected chi connectivity index (χ3v) is 5.75. The highest BCUT2D eigenvalue weighted by atomic mass is 16.5. The Morgan fingerprint density at radius 2 is 1.57 bits per heavy atom. The van der Waals surface area contributed by atoms with E-state index >= 15 is 0 Å². The first kappa shape index (κ1) is 23.7. The molecule has 0 spiro atoms. The maximum Gasteiger partial charge on any atom is 0.300 e. The van der Waals surface area contributed by atoms with Gasteiger partial charge in [0.2, 0.25) is 0 Å². The molecule has 0 bridgehead atoms. The SMILES string of the molecule is CCOc1ccc(/C(O)=C2\C(=O)C(=O)N(c3ccc(OC)cc3)[C@H]2c2ccc(O)c(OC)c2)cc1. The predicted octanol–water partition coefficient (Wildman–Crippen LogP) is 4.43. The molecular formula is C27H25NO7. The van der Waals surface area contributed by atoms with Crippen LogP contribution in [0.5, 0.6) is 23.0 Å². The predicted molar refractivity (Wildman–Crippen MR) is 130 cm³/mol. The lowest BCUT2D eigenvalue weighted by Gasteiger charge is -2.26. The largest absolute Gasteiger partial charge is 0.507 e. The van der Waals surface area contributed by atoms with Crippen molar-refractivity contribution in [1.82, 2.24) is 0 Å². The number of carbonyl (C=O) groups is 2. The average Bonchev–Trinajstić information content (AvgIpc) is 3.15. The monoisotopic (exact) mass is 475 g/mol. The van der Waals surface area contributed by atoms with Crippen molar-refractivity contribution in [2.24, 2.45) is 0 Å². The van der Waals surface area contributed by atoms with E-state index in [1.54, 1.807) is 54.6 Å². The summed E-state index contributed by atoms with van der Waals surface area (Å²) in [6.07, 6.45) is 0. The van der Waals surface area contributed by atoms with Crippen molar-refractivity contribution in [3.63, 3.8) is 0 Å². The van der Waals surface area contributed by atoms with Crippen molar-refractivity contribution in [3.8, 4) is 23.0 Å². The zero-order valence-corrected chi connectivity index (χ0v) is 19.5. The first-order valence-electron chi connectivity index (χ1n) is 10.9. The zero-order chi connectivity index (χ0) is 25.1. The molecule has 1 fully saturated rings. The van der Waals surface area contributed by atoms with Crippen molar-refractivity contribution in [1.29, 1.82) is 0 Å². The summed E-state index contributed by atoms with van der Waals surface area (Å²) < 4.78 is 15.9. The number of anilines is 1. The summed E-state index contributed by atoms with van der Waals surface area (Å²) >= 11 is 0. The Morgan fingerprint density at radius 1 is 0.914 bits per heavy atom. The molecule has 35 heavy (non-hydrogen) atoms. The van der Waals surface area contributed by atoms with E-state index in [-0.39, 0.29) is 22.8 Å². The first-order valence-corrected chi connectivity index (χ1v) is 10.9. The van der Waals surface area contributed by atoms with Crippen LogP contribution in [-0.2, 0) is 9.59 Å². The molecule has 0 aromatic heterocycles. The third-order valence-electron chi connectivity index (χ3n) is 5.75. The molecule has 2 N–H and O–H groups in total. The Bertz CT molecular complexity index is 1280. The summed E-state index contributed by atoms with van der Waals surface area (Å²) in [5.74, 6) is -0.665. The molecule has 0 radical (unpaired) electrons. The van der Waals surface area contributed by atoms with Crippen LogP contribution in [0.3, 0.4) is 0 Å². The number of amides is 1. The van der Waals surface area contributed by atoms with Gasteiger partial charge in [-0.25, -0.2) is 0 Å². The lowest BCUT2D eigenvalue weighted by molar-refractivity contribution is -0.132. The maximum absolute atomic E-state index is 13.3. The van der Waals surface area contributed by atoms with E-state index in [0.29, 0.717) is 34.9 Å². The van der Waals surface area contributed by atoms with Crippen molar-refractivity contribution in [3.05, 3.63) is 83.4 Å². The van der Waals surface area contributed by atoms with Gasteiger partial charge in [0.05, 0.1) is 32.4 Å². The van der Waals surface area contributed by atoms with Gasteiger partial charge < -0.3 is 24.4 Å². The van der Waals surface area contributed by atoms with Crippen LogP contribution >= 0.6 is 0 Å². The maximum atomic E-state index is 13.3. The van der Waals surface area contributed by atoms with Crippen LogP contribution in [0.2, 0.25) is 0 Å². The van der Waals surface area contributed by atoms with Gasteiger partial charge in [-0.2, -0.15) is 0 Å². The van der Waals surface area contributed by atoms with Crippen LogP contribution in [0, 0.1) is 0 Å². The molecule has 1 saturated heterocycles. The summed E-state index contributed by atoms with van der Waals surface area (Å²) in [6, 6.07) is 16.8. The van der Waals surface area contributed by atoms with Crippen LogP contribution in [-0.4, -0.2) is 42.7 Å². The molecule has 4 rings (SSSR count). The Hall–Kier alpha value is -4.46. The molecule has 0 unspecified atom stereocenters. The Morgan fingerprint density at radius 3 is 2.17 bits per heavy atom. The van der Waals surface area contributed by atoms with Crippen LogP contribution in [0.4, 0.5) is 5.69 Å². The number of ether oxygens (including phenoxy) is 3. The molecule has 3 aromatic carbocycles. The average molecular weight is 475 g/mol. The number of aliphatic hydroxyl groups excluding tert-OH is 1. The summed E-state index contributed by atoms with van der Waals surface area (Å²) in [7, 11) is 2.93. The summed E-state index contributed by atoms with van der Waals surface area (Å²) in [6.45, 7) is 2.35. The number of methoxy groups -OCH3 is 2. The number of Topliss-reactive ketones (excluding diaryl/α,β-unsaturated/α-hetero) is 1. The number of ketones is 1. The summed E-state index contributed by atoms with van der Waals surface area (Å²) in [5.41, 5.74) is 1.19. The van der Waals surface area contributed by atoms with Crippen LogP contribution < -0.4 is 19.1 Å². The minimum absolute atomic E-state index is 0.0808. The van der Waals surface area contributed by atoms with Crippen LogP contribution in [0.25, 0.3) is 5.76 Å². The Labute approximate surface area is 202 Å². The molecule has 1 atom stereocenters. The Kier molecular flexibility index (Phi) is 6.64. The van der Waals surface area contributed by atoms with Gasteiger partial charge in [-0.1, -0.05) is 6.07 Å². The van der Waals surface area contributed by atoms with Crippen LogP contribution in [0.15, 0.2) is 72.3 Å². The zero-order valence-electron chi connectivity index (χ0n) is 19.5. The topological polar surface area (TPSA) is 106 Å². The van der Waals surface area contributed by atoms with Gasteiger partial charge in [0.25, 0.3) is 11.7 Å². The number of nitrogens with zero attached hydrogens (tertiary/aromatic N) is 1. The molecule has 1 amide bonds. The minimum atomic E-state index is -0.968. The number of phenolic OH excluding ortho intramolecular Hbond substituents is 1. The molecule has 1 aliphatic rings. The van der Waals surface area contributed by atoms with Crippen molar-refractivity contribution < 1.29 is 34.0 Å². The number of rotatable bonds is 7. The number of aromatic hydroxyl groups is 1. The highest BCUT2D eigenvalue weighted by molar-refractivity contribution is 6.51. The number of hydrogen-bond donors (Lipinski definition) is 2. The fourth-order valence-electron chi connectivity index (χ4n) is 4.05. The van der Waals surface area contributed by atoms with E-state index in [1.165, 1.54) is 31.3 Å². The van der Waals surface area contributed by atoms with Crippen LogP contribution in [0.1, 0.15) is 24.1 Å². The molecule has 1 heterocycles.